The molecule has 0 aliphatic heterocycles. The highest BCUT2D eigenvalue weighted by molar-refractivity contribution is 7.13. The second-order valence-electron chi connectivity index (χ2n) is 5.41. The average molecular weight is 337 g/mol. The number of aromatic nitrogens is 3. The number of amides is 1. The molecule has 0 aliphatic carbocycles. The largest absolute Gasteiger partial charge is 0.336 e. The van der Waals surface area contributed by atoms with Gasteiger partial charge in [-0.1, -0.05) is 12.1 Å². The molecule has 0 spiro atoms. The van der Waals surface area contributed by atoms with Crippen molar-refractivity contribution in [2.75, 3.05) is 7.05 Å². The predicted octanol–water partition coefficient (Wildman–Crippen LogP) is 2.69. The zero-order valence-electron chi connectivity index (χ0n) is 13.3. The molecular weight excluding hydrogens is 322 g/mol. The van der Waals surface area contributed by atoms with Crippen molar-refractivity contribution >= 4 is 17.2 Å². The highest BCUT2D eigenvalue weighted by atomic mass is 32.1. The van der Waals surface area contributed by atoms with Crippen molar-refractivity contribution in [3.8, 4) is 16.6 Å². The lowest BCUT2D eigenvalue weighted by Crippen LogP contribution is -2.26. The molecule has 0 fully saturated rings. The van der Waals surface area contributed by atoms with Gasteiger partial charge < -0.3 is 4.90 Å². The molecule has 3 aromatic rings. The first kappa shape index (κ1) is 15.9. The molecule has 0 atom stereocenters. The summed E-state index contributed by atoms with van der Waals surface area (Å²) in [5.41, 5.74) is 2.80. The molecule has 2 aromatic heterocycles. The van der Waals surface area contributed by atoms with E-state index >= 15 is 0 Å². The van der Waals surface area contributed by atoms with Gasteiger partial charge in [0.2, 0.25) is 0 Å². The van der Waals surface area contributed by atoms with Gasteiger partial charge in [-0.15, -0.1) is 11.3 Å². The van der Waals surface area contributed by atoms with Crippen molar-refractivity contribution in [2.45, 2.75) is 6.54 Å². The van der Waals surface area contributed by atoms with Crippen LogP contribution in [0.25, 0.3) is 10.6 Å². The van der Waals surface area contributed by atoms with Gasteiger partial charge in [0.05, 0.1) is 17.8 Å². The molecule has 0 radical (unpaired) electrons. The van der Waals surface area contributed by atoms with Crippen LogP contribution in [0.2, 0.25) is 0 Å². The predicted molar refractivity (Wildman–Crippen MR) is 91.3 cm³/mol. The minimum Gasteiger partial charge on any atom is -0.336 e. The zero-order valence-corrected chi connectivity index (χ0v) is 14.1. The second kappa shape index (κ2) is 6.64. The van der Waals surface area contributed by atoms with Gasteiger partial charge in [0.25, 0.3) is 5.91 Å². The van der Waals surface area contributed by atoms with Gasteiger partial charge in [-0.25, -0.2) is 4.98 Å². The van der Waals surface area contributed by atoms with E-state index in [1.807, 2.05) is 25.4 Å². The van der Waals surface area contributed by atoms with Gasteiger partial charge in [0.1, 0.15) is 10.7 Å². The monoisotopic (exact) mass is 337 g/mol. The van der Waals surface area contributed by atoms with E-state index in [1.54, 1.807) is 40.3 Å². The summed E-state index contributed by atoms with van der Waals surface area (Å²) in [6.45, 7) is 0.425. The van der Waals surface area contributed by atoms with Crippen LogP contribution in [0.1, 0.15) is 21.6 Å². The zero-order chi connectivity index (χ0) is 17.1. The number of nitrogens with zero attached hydrogens (tertiary/aromatic N) is 5. The van der Waals surface area contributed by atoms with Gasteiger partial charge >= 0.3 is 0 Å². The number of hydrogen-bond donors (Lipinski definition) is 0. The lowest BCUT2D eigenvalue weighted by Gasteiger charge is -2.16. The standard InChI is InChI=1S/C17H15N5OS/c1-21(9-13-5-3-4-12(6-13)7-18)17(23)15-11-24-16(20-15)14-8-19-22(2)10-14/h3-6,8,10-11H,9H2,1-2H3. The molecule has 0 unspecified atom stereocenters. The van der Waals surface area contributed by atoms with Crippen molar-refractivity contribution in [2.24, 2.45) is 7.05 Å². The quantitative estimate of drug-likeness (QED) is 0.733. The molecule has 0 N–H and O–H groups in total. The number of hydrogen-bond acceptors (Lipinski definition) is 5. The molecular formula is C17H15N5OS. The fraction of sp³-hybridized carbons (Fsp3) is 0.176. The highest BCUT2D eigenvalue weighted by Gasteiger charge is 2.17. The van der Waals surface area contributed by atoms with E-state index in [4.69, 9.17) is 5.26 Å². The Balaban J connectivity index is 1.74. The van der Waals surface area contributed by atoms with Crippen LogP contribution in [-0.4, -0.2) is 32.6 Å². The lowest BCUT2D eigenvalue weighted by molar-refractivity contribution is 0.0780. The molecule has 0 aliphatic rings. The summed E-state index contributed by atoms with van der Waals surface area (Å²) in [6.07, 6.45) is 3.59. The first-order valence-corrected chi connectivity index (χ1v) is 8.14. The molecule has 6 nitrogen and oxygen atoms in total. The Morgan fingerprint density at radius 1 is 1.46 bits per heavy atom. The Labute approximate surface area is 143 Å². The lowest BCUT2D eigenvalue weighted by atomic mass is 10.1. The third kappa shape index (κ3) is 3.34. The molecule has 0 saturated carbocycles. The van der Waals surface area contributed by atoms with Crippen molar-refractivity contribution in [1.29, 1.82) is 5.26 Å². The number of benzene rings is 1. The maximum absolute atomic E-state index is 12.5. The summed E-state index contributed by atoms with van der Waals surface area (Å²) in [5.74, 6) is -0.149. The Bertz CT molecular complexity index is 921. The van der Waals surface area contributed by atoms with Crippen LogP contribution in [0, 0.1) is 11.3 Å². The van der Waals surface area contributed by atoms with E-state index in [0.29, 0.717) is 17.8 Å². The summed E-state index contributed by atoms with van der Waals surface area (Å²) in [7, 11) is 3.57. The minimum absolute atomic E-state index is 0.149. The van der Waals surface area contributed by atoms with Crippen LogP contribution in [0.5, 0.6) is 0 Å². The first-order chi connectivity index (χ1) is 11.6. The number of rotatable bonds is 4. The van der Waals surface area contributed by atoms with Gasteiger partial charge in [0, 0.05) is 37.8 Å². The van der Waals surface area contributed by atoms with E-state index in [-0.39, 0.29) is 5.91 Å². The van der Waals surface area contributed by atoms with Crippen molar-refractivity contribution in [3.05, 3.63) is 58.9 Å². The van der Waals surface area contributed by atoms with Gasteiger partial charge in [0.15, 0.2) is 0 Å². The number of nitriles is 1. The molecule has 3 rings (SSSR count). The summed E-state index contributed by atoms with van der Waals surface area (Å²) < 4.78 is 1.70. The van der Waals surface area contributed by atoms with E-state index in [1.165, 1.54) is 11.3 Å². The van der Waals surface area contributed by atoms with E-state index < -0.39 is 0 Å². The fourth-order valence-electron chi connectivity index (χ4n) is 2.32. The van der Waals surface area contributed by atoms with Crippen LogP contribution in [0.15, 0.2) is 42.0 Å². The molecule has 0 bridgehead atoms. The number of thiazole rings is 1. The normalized spacial score (nSPS) is 10.4. The summed E-state index contributed by atoms with van der Waals surface area (Å²) in [6, 6.07) is 9.34. The molecule has 24 heavy (non-hydrogen) atoms. The Hall–Kier alpha value is -2.98. The third-order valence-corrected chi connectivity index (χ3v) is 4.39. The third-order valence-electron chi connectivity index (χ3n) is 3.50. The van der Waals surface area contributed by atoms with Crippen LogP contribution in [0.4, 0.5) is 0 Å². The van der Waals surface area contributed by atoms with E-state index in [0.717, 1.165) is 16.1 Å². The van der Waals surface area contributed by atoms with Crippen molar-refractivity contribution < 1.29 is 4.79 Å². The van der Waals surface area contributed by atoms with E-state index in [2.05, 4.69) is 16.2 Å². The molecule has 2 heterocycles. The Morgan fingerprint density at radius 2 is 2.29 bits per heavy atom. The summed E-state index contributed by atoms with van der Waals surface area (Å²) >= 11 is 1.42. The fourth-order valence-corrected chi connectivity index (χ4v) is 3.09. The number of aryl methyl sites for hydroxylation is 1. The Morgan fingerprint density at radius 3 is 3.00 bits per heavy atom. The number of carbonyl (C=O) groups excluding carboxylic acids is 1. The van der Waals surface area contributed by atoms with Gasteiger partial charge in [-0.05, 0) is 17.7 Å². The van der Waals surface area contributed by atoms with Crippen molar-refractivity contribution in [1.82, 2.24) is 19.7 Å². The first-order valence-electron chi connectivity index (χ1n) is 7.26. The number of carbonyl (C=O) groups is 1. The molecule has 7 heteroatoms. The Kier molecular flexibility index (Phi) is 4.40. The van der Waals surface area contributed by atoms with Gasteiger partial charge in [-0.3, -0.25) is 9.48 Å². The SMILES string of the molecule is CN(Cc1cccc(C#N)c1)C(=O)c1csc(-c2cnn(C)c2)n1. The highest BCUT2D eigenvalue weighted by Crippen LogP contribution is 2.23. The smallest absolute Gasteiger partial charge is 0.273 e. The molecule has 1 amide bonds. The minimum atomic E-state index is -0.149. The van der Waals surface area contributed by atoms with Crippen LogP contribution in [0.3, 0.4) is 0 Å². The maximum atomic E-state index is 12.5. The topological polar surface area (TPSA) is 74.8 Å². The molecule has 0 saturated heterocycles. The second-order valence-corrected chi connectivity index (χ2v) is 6.27. The van der Waals surface area contributed by atoms with Crippen LogP contribution in [-0.2, 0) is 13.6 Å². The van der Waals surface area contributed by atoms with E-state index in [9.17, 15) is 4.79 Å². The maximum Gasteiger partial charge on any atom is 0.273 e. The van der Waals surface area contributed by atoms with Gasteiger partial charge in [-0.2, -0.15) is 10.4 Å². The van der Waals surface area contributed by atoms with Crippen LogP contribution >= 0.6 is 11.3 Å². The average Bonchev–Trinajstić information content (AvgIpc) is 3.23. The molecule has 120 valence electrons. The van der Waals surface area contributed by atoms with Crippen LogP contribution < -0.4 is 0 Å². The molecule has 1 aromatic carbocycles. The van der Waals surface area contributed by atoms with Crippen molar-refractivity contribution in [3.63, 3.8) is 0 Å². The summed E-state index contributed by atoms with van der Waals surface area (Å²) in [4.78, 5) is 18.5. The summed E-state index contributed by atoms with van der Waals surface area (Å²) in [5, 5.41) is 15.6.